The van der Waals surface area contributed by atoms with Gasteiger partial charge in [-0.2, -0.15) is 13.2 Å². The van der Waals surface area contributed by atoms with Crippen LogP contribution in [0, 0.1) is 10.1 Å². The first-order chi connectivity index (χ1) is 9.71. The number of alkyl halides is 3. The second-order valence-electron chi connectivity index (χ2n) is 5.28. The fourth-order valence-corrected chi connectivity index (χ4v) is 2.28. The first-order valence-corrected chi connectivity index (χ1v) is 6.42. The van der Waals surface area contributed by atoms with Crippen LogP contribution in [0.3, 0.4) is 0 Å². The number of halogens is 3. The number of hydrogen-bond donors (Lipinski definition) is 2. The number of piperidine rings is 1. The van der Waals surface area contributed by atoms with Gasteiger partial charge >= 0.3 is 11.9 Å². The molecule has 1 aromatic heterocycles. The SMILES string of the molecule is CC1(Nc2cc(C(F)(F)F)ncc2[N+](=O)[O-])CCNCC1. The minimum absolute atomic E-state index is 0.147. The molecule has 0 aromatic carbocycles. The zero-order valence-corrected chi connectivity index (χ0v) is 11.3. The van der Waals surface area contributed by atoms with Crippen LogP contribution in [0.5, 0.6) is 0 Å². The second-order valence-corrected chi connectivity index (χ2v) is 5.28. The van der Waals surface area contributed by atoms with E-state index < -0.39 is 28.0 Å². The third-order valence-electron chi connectivity index (χ3n) is 3.51. The molecule has 2 N–H and O–H groups in total. The molecular weight excluding hydrogens is 289 g/mol. The topological polar surface area (TPSA) is 80.1 Å². The van der Waals surface area contributed by atoms with E-state index in [1.54, 1.807) is 0 Å². The maximum Gasteiger partial charge on any atom is 0.433 e. The molecule has 0 saturated carbocycles. The van der Waals surface area contributed by atoms with Gasteiger partial charge in [0.1, 0.15) is 17.6 Å². The van der Waals surface area contributed by atoms with E-state index in [2.05, 4.69) is 15.6 Å². The van der Waals surface area contributed by atoms with Gasteiger partial charge in [0.25, 0.3) is 0 Å². The normalized spacial score (nSPS) is 18.3. The van der Waals surface area contributed by atoms with Gasteiger partial charge < -0.3 is 10.6 Å². The second kappa shape index (κ2) is 5.47. The Labute approximate surface area is 118 Å². The van der Waals surface area contributed by atoms with E-state index in [9.17, 15) is 23.3 Å². The lowest BCUT2D eigenvalue weighted by Crippen LogP contribution is -2.45. The highest BCUT2D eigenvalue weighted by Crippen LogP contribution is 2.35. The molecule has 1 aliphatic rings. The Morgan fingerprint density at radius 2 is 2.05 bits per heavy atom. The third kappa shape index (κ3) is 3.60. The van der Waals surface area contributed by atoms with E-state index in [0.29, 0.717) is 38.2 Å². The van der Waals surface area contributed by atoms with Crippen LogP contribution in [-0.4, -0.2) is 28.5 Å². The molecule has 1 saturated heterocycles. The van der Waals surface area contributed by atoms with Crippen LogP contribution in [-0.2, 0) is 6.18 Å². The molecule has 9 heteroatoms. The number of anilines is 1. The van der Waals surface area contributed by atoms with Crippen LogP contribution in [0.4, 0.5) is 24.5 Å². The summed E-state index contributed by atoms with van der Waals surface area (Å²) in [5.41, 5.74) is -2.23. The fourth-order valence-electron chi connectivity index (χ4n) is 2.28. The lowest BCUT2D eigenvalue weighted by molar-refractivity contribution is -0.384. The van der Waals surface area contributed by atoms with Crippen LogP contribution < -0.4 is 10.6 Å². The van der Waals surface area contributed by atoms with Crippen LogP contribution in [0.1, 0.15) is 25.5 Å². The van der Waals surface area contributed by atoms with E-state index in [4.69, 9.17) is 0 Å². The molecule has 0 unspecified atom stereocenters. The summed E-state index contributed by atoms with van der Waals surface area (Å²) in [7, 11) is 0. The average Bonchev–Trinajstić information content (AvgIpc) is 2.37. The summed E-state index contributed by atoms with van der Waals surface area (Å²) >= 11 is 0. The van der Waals surface area contributed by atoms with Gasteiger partial charge in [0.2, 0.25) is 0 Å². The summed E-state index contributed by atoms with van der Waals surface area (Å²) in [6.45, 7) is 3.24. The largest absolute Gasteiger partial charge is 0.433 e. The van der Waals surface area contributed by atoms with Gasteiger partial charge in [0.15, 0.2) is 0 Å². The molecule has 0 amide bonds. The van der Waals surface area contributed by atoms with Crippen LogP contribution in [0.25, 0.3) is 0 Å². The van der Waals surface area contributed by atoms with Crippen molar-refractivity contribution in [3.63, 3.8) is 0 Å². The van der Waals surface area contributed by atoms with E-state index in [-0.39, 0.29) is 5.69 Å². The Hall–Kier alpha value is -1.90. The number of pyridine rings is 1. The monoisotopic (exact) mass is 304 g/mol. The van der Waals surface area contributed by atoms with Gasteiger partial charge in [-0.1, -0.05) is 0 Å². The predicted molar refractivity (Wildman–Crippen MR) is 70.0 cm³/mol. The summed E-state index contributed by atoms with van der Waals surface area (Å²) < 4.78 is 38.1. The van der Waals surface area contributed by atoms with E-state index >= 15 is 0 Å². The van der Waals surface area contributed by atoms with Crippen molar-refractivity contribution in [2.45, 2.75) is 31.5 Å². The highest BCUT2D eigenvalue weighted by molar-refractivity contribution is 5.62. The number of rotatable bonds is 3. The van der Waals surface area contributed by atoms with Crippen LogP contribution in [0.15, 0.2) is 12.3 Å². The van der Waals surface area contributed by atoms with Crippen LogP contribution >= 0.6 is 0 Å². The molecule has 1 aromatic rings. The molecule has 2 rings (SSSR count). The summed E-state index contributed by atoms with van der Waals surface area (Å²) in [6.07, 6.45) is -2.67. The quantitative estimate of drug-likeness (QED) is 0.662. The Morgan fingerprint density at radius 1 is 1.43 bits per heavy atom. The zero-order chi connectivity index (χ0) is 15.7. The Morgan fingerprint density at radius 3 is 2.57 bits per heavy atom. The lowest BCUT2D eigenvalue weighted by Gasteiger charge is -2.35. The summed E-state index contributed by atoms with van der Waals surface area (Å²) in [5, 5.41) is 17.0. The molecule has 0 aliphatic carbocycles. The van der Waals surface area contributed by atoms with Crippen molar-refractivity contribution in [2.75, 3.05) is 18.4 Å². The Balaban J connectivity index is 2.36. The summed E-state index contributed by atoms with van der Waals surface area (Å²) in [6, 6.07) is 0.700. The van der Waals surface area contributed by atoms with E-state index in [1.807, 2.05) is 6.92 Å². The summed E-state index contributed by atoms with van der Waals surface area (Å²) in [4.78, 5) is 13.4. The number of nitrogens with one attached hydrogen (secondary N) is 2. The molecule has 0 spiro atoms. The first-order valence-electron chi connectivity index (χ1n) is 6.42. The predicted octanol–water partition coefficient (Wildman–Crippen LogP) is 2.56. The molecule has 2 heterocycles. The molecule has 1 fully saturated rings. The van der Waals surface area contributed by atoms with Gasteiger partial charge in [-0.15, -0.1) is 0 Å². The maximum absolute atomic E-state index is 12.7. The van der Waals surface area contributed by atoms with Crippen LogP contribution in [0.2, 0.25) is 0 Å². The number of hydrogen-bond acceptors (Lipinski definition) is 5. The minimum Gasteiger partial charge on any atom is -0.374 e. The van der Waals surface area contributed by atoms with Crippen molar-refractivity contribution in [2.24, 2.45) is 0 Å². The van der Waals surface area contributed by atoms with E-state index in [1.165, 1.54) is 0 Å². The molecule has 21 heavy (non-hydrogen) atoms. The number of nitrogens with zero attached hydrogens (tertiary/aromatic N) is 2. The molecule has 116 valence electrons. The van der Waals surface area contributed by atoms with Gasteiger partial charge in [-0.25, -0.2) is 4.98 Å². The van der Waals surface area contributed by atoms with Gasteiger partial charge in [0, 0.05) is 5.54 Å². The number of nitro groups is 1. The van der Waals surface area contributed by atoms with Gasteiger partial charge in [0.05, 0.1) is 4.92 Å². The van der Waals surface area contributed by atoms with E-state index in [0.717, 1.165) is 0 Å². The number of aromatic nitrogens is 1. The molecule has 0 bridgehead atoms. The maximum atomic E-state index is 12.7. The zero-order valence-electron chi connectivity index (χ0n) is 11.3. The highest BCUT2D eigenvalue weighted by atomic mass is 19.4. The standard InChI is InChI=1S/C12H15F3N4O2/c1-11(2-4-16-5-3-11)18-8-6-10(12(13,14)15)17-7-9(8)19(20)21/h6-7,16H,2-5H2,1H3,(H,17,18). The van der Waals surface area contributed by atoms with Crippen molar-refractivity contribution in [3.05, 3.63) is 28.1 Å². The molecular formula is C12H15F3N4O2. The van der Waals surface area contributed by atoms with Crippen molar-refractivity contribution in [1.29, 1.82) is 0 Å². The van der Waals surface area contributed by atoms with Gasteiger partial charge in [-0.05, 0) is 38.9 Å². The van der Waals surface area contributed by atoms with Crippen molar-refractivity contribution < 1.29 is 18.1 Å². The Kier molecular flexibility index (Phi) is 4.04. The minimum atomic E-state index is -4.64. The lowest BCUT2D eigenvalue weighted by atomic mass is 9.90. The van der Waals surface area contributed by atoms with Crippen molar-refractivity contribution in [3.8, 4) is 0 Å². The van der Waals surface area contributed by atoms with Gasteiger partial charge in [-0.3, -0.25) is 10.1 Å². The highest BCUT2D eigenvalue weighted by Gasteiger charge is 2.36. The van der Waals surface area contributed by atoms with Crippen molar-refractivity contribution >= 4 is 11.4 Å². The first kappa shape index (κ1) is 15.5. The molecule has 0 atom stereocenters. The third-order valence-corrected chi connectivity index (χ3v) is 3.51. The Bertz CT molecular complexity index is 542. The molecule has 1 aliphatic heterocycles. The molecule has 0 radical (unpaired) electrons. The average molecular weight is 304 g/mol. The smallest absolute Gasteiger partial charge is 0.374 e. The van der Waals surface area contributed by atoms with Crippen molar-refractivity contribution in [1.82, 2.24) is 10.3 Å². The summed E-state index contributed by atoms with van der Waals surface area (Å²) in [5.74, 6) is 0. The fraction of sp³-hybridized carbons (Fsp3) is 0.583. The molecule has 6 nitrogen and oxygen atoms in total.